The molecule has 0 saturated heterocycles. The molecule has 0 bridgehead atoms. The van der Waals surface area contributed by atoms with Crippen LogP contribution in [0.25, 0.3) is 11.0 Å². The molecule has 1 aromatic heterocycles. The molecule has 0 radical (unpaired) electrons. The summed E-state index contributed by atoms with van der Waals surface area (Å²) in [6.45, 7) is 0.644. The average Bonchev–Trinajstić information content (AvgIpc) is 2.37. The molecule has 0 unspecified atom stereocenters. The highest BCUT2D eigenvalue weighted by Crippen LogP contribution is 2.24. The summed E-state index contributed by atoms with van der Waals surface area (Å²) in [5.41, 5.74) is 1.46. The maximum Gasteiger partial charge on any atom is 0.308 e. The van der Waals surface area contributed by atoms with Gasteiger partial charge in [-0.3, -0.25) is 4.79 Å². The Morgan fingerprint density at radius 2 is 1.89 bits per heavy atom. The van der Waals surface area contributed by atoms with Crippen molar-refractivity contribution >= 4 is 17.0 Å². The van der Waals surface area contributed by atoms with E-state index in [2.05, 4.69) is 9.97 Å². The second-order valence-electron chi connectivity index (χ2n) is 3.65. The van der Waals surface area contributed by atoms with E-state index >= 15 is 0 Å². The molecular formula is C12H12N2O4. The molecular weight excluding hydrogens is 236 g/mol. The fourth-order valence-corrected chi connectivity index (χ4v) is 1.61. The molecule has 0 aliphatic heterocycles. The minimum absolute atomic E-state index is 0.268. The van der Waals surface area contributed by atoms with Crippen LogP contribution < -0.4 is 4.74 Å². The van der Waals surface area contributed by atoms with Crippen molar-refractivity contribution in [3.8, 4) is 5.75 Å². The Hall–Kier alpha value is -2.05. The van der Waals surface area contributed by atoms with Gasteiger partial charge in [-0.05, 0) is 12.1 Å². The summed E-state index contributed by atoms with van der Waals surface area (Å²) in [5, 5.41) is 18.3. The monoisotopic (exact) mass is 248 g/mol. The number of para-hydroxylation sites is 1. The first-order chi connectivity index (χ1) is 8.65. The van der Waals surface area contributed by atoms with Crippen LogP contribution in [0.1, 0.15) is 18.3 Å². The number of carbonyl (C=O) groups is 1. The molecule has 1 heterocycles. The Morgan fingerprint density at radius 1 is 1.22 bits per heavy atom. The lowest BCUT2D eigenvalue weighted by molar-refractivity contribution is -0.131. The van der Waals surface area contributed by atoms with Gasteiger partial charge in [0.1, 0.15) is 5.52 Å². The highest BCUT2D eigenvalue weighted by molar-refractivity contribution is 5.84. The van der Waals surface area contributed by atoms with E-state index < -0.39 is 5.97 Å². The molecule has 18 heavy (non-hydrogen) atoms. The van der Waals surface area contributed by atoms with E-state index in [1.165, 1.54) is 6.92 Å². The summed E-state index contributed by atoms with van der Waals surface area (Å²) in [6.07, 6.45) is 0. The highest BCUT2D eigenvalue weighted by Gasteiger charge is 2.11. The lowest BCUT2D eigenvalue weighted by Crippen LogP contribution is -2.06. The molecule has 0 aliphatic rings. The van der Waals surface area contributed by atoms with Crippen LogP contribution in [0.4, 0.5) is 0 Å². The molecule has 0 spiro atoms. The number of hydrogen-bond donors (Lipinski definition) is 2. The first-order valence-corrected chi connectivity index (χ1v) is 5.34. The third kappa shape index (κ3) is 2.29. The Kier molecular flexibility index (Phi) is 3.50. The normalized spacial score (nSPS) is 10.6. The second-order valence-corrected chi connectivity index (χ2v) is 3.65. The van der Waals surface area contributed by atoms with Gasteiger partial charge in [-0.25, -0.2) is 9.97 Å². The minimum atomic E-state index is -0.457. The van der Waals surface area contributed by atoms with E-state index in [4.69, 9.17) is 14.9 Å². The van der Waals surface area contributed by atoms with Crippen LogP contribution in [0.3, 0.4) is 0 Å². The van der Waals surface area contributed by atoms with Crippen molar-refractivity contribution in [3.05, 3.63) is 29.6 Å². The van der Waals surface area contributed by atoms with Gasteiger partial charge in [0, 0.05) is 6.92 Å². The number of aromatic nitrogens is 2. The number of ether oxygens (including phenoxy) is 1. The average molecular weight is 248 g/mol. The van der Waals surface area contributed by atoms with Crippen molar-refractivity contribution in [3.63, 3.8) is 0 Å². The van der Waals surface area contributed by atoms with Crippen LogP contribution in [-0.2, 0) is 18.0 Å². The Labute approximate surface area is 103 Å². The molecule has 0 amide bonds. The lowest BCUT2D eigenvalue weighted by atomic mass is 10.2. The van der Waals surface area contributed by atoms with Crippen molar-refractivity contribution in [2.45, 2.75) is 20.1 Å². The molecule has 2 rings (SSSR count). The number of benzene rings is 1. The number of nitrogens with zero attached hydrogens (tertiary/aromatic N) is 2. The van der Waals surface area contributed by atoms with Gasteiger partial charge in [0.05, 0.1) is 30.1 Å². The number of aliphatic hydroxyl groups is 2. The van der Waals surface area contributed by atoms with Crippen molar-refractivity contribution in [2.75, 3.05) is 0 Å². The quantitative estimate of drug-likeness (QED) is 0.608. The van der Waals surface area contributed by atoms with Crippen LogP contribution in [0.15, 0.2) is 18.2 Å². The minimum Gasteiger partial charge on any atom is -0.424 e. The predicted molar refractivity (Wildman–Crippen MR) is 62.7 cm³/mol. The van der Waals surface area contributed by atoms with Crippen molar-refractivity contribution < 1.29 is 19.7 Å². The van der Waals surface area contributed by atoms with Crippen molar-refractivity contribution in [2.24, 2.45) is 0 Å². The zero-order valence-corrected chi connectivity index (χ0v) is 9.75. The molecule has 6 nitrogen and oxygen atoms in total. The largest absolute Gasteiger partial charge is 0.424 e. The molecule has 0 atom stereocenters. The molecule has 1 aromatic carbocycles. The Balaban J connectivity index is 2.64. The molecule has 0 saturated carbocycles. The Morgan fingerprint density at radius 3 is 2.50 bits per heavy atom. The molecule has 2 aromatic rings. The van der Waals surface area contributed by atoms with Gasteiger partial charge in [-0.2, -0.15) is 0 Å². The van der Waals surface area contributed by atoms with Gasteiger partial charge < -0.3 is 14.9 Å². The van der Waals surface area contributed by atoms with Crippen LogP contribution in [0.5, 0.6) is 5.75 Å². The van der Waals surface area contributed by atoms with Gasteiger partial charge in [-0.15, -0.1) is 0 Å². The fourth-order valence-electron chi connectivity index (χ4n) is 1.61. The van der Waals surface area contributed by atoms with Crippen LogP contribution in [-0.4, -0.2) is 26.2 Å². The first kappa shape index (κ1) is 12.4. The fraction of sp³-hybridized carbons (Fsp3) is 0.250. The van der Waals surface area contributed by atoms with E-state index in [0.29, 0.717) is 16.7 Å². The first-order valence-electron chi connectivity index (χ1n) is 5.34. The lowest BCUT2D eigenvalue weighted by Gasteiger charge is -2.08. The molecule has 0 fully saturated rings. The standard InChI is InChI=1S/C12H12N2O4/c1-7(17)18-11-4-2-3-8-12(11)14-10(6-16)9(5-15)13-8/h2-4,15-16H,5-6H2,1H3. The van der Waals surface area contributed by atoms with E-state index in [0.717, 1.165) is 0 Å². The maximum atomic E-state index is 11.0. The zero-order valence-electron chi connectivity index (χ0n) is 9.75. The van der Waals surface area contributed by atoms with Crippen LogP contribution in [0, 0.1) is 0 Å². The number of rotatable bonds is 3. The summed E-state index contributed by atoms with van der Waals surface area (Å²) in [4.78, 5) is 19.3. The summed E-state index contributed by atoms with van der Waals surface area (Å²) in [6, 6.07) is 4.96. The topological polar surface area (TPSA) is 92.5 Å². The zero-order chi connectivity index (χ0) is 13.1. The summed E-state index contributed by atoms with van der Waals surface area (Å²) in [7, 11) is 0. The van der Waals surface area contributed by atoms with Crippen molar-refractivity contribution in [1.82, 2.24) is 9.97 Å². The highest BCUT2D eigenvalue weighted by atomic mass is 16.5. The van der Waals surface area contributed by atoms with Gasteiger partial charge in [0.2, 0.25) is 0 Å². The van der Waals surface area contributed by atoms with E-state index in [1.54, 1.807) is 18.2 Å². The number of hydrogen-bond acceptors (Lipinski definition) is 6. The number of fused-ring (bicyclic) bond motifs is 1. The summed E-state index contributed by atoms with van der Waals surface area (Å²) < 4.78 is 5.01. The van der Waals surface area contributed by atoms with E-state index in [9.17, 15) is 4.79 Å². The third-order valence-electron chi connectivity index (χ3n) is 2.37. The smallest absolute Gasteiger partial charge is 0.308 e. The number of carbonyl (C=O) groups excluding carboxylic acids is 1. The van der Waals surface area contributed by atoms with E-state index in [1.807, 2.05) is 0 Å². The van der Waals surface area contributed by atoms with Crippen molar-refractivity contribution in [1.29, 1.82) is 0 Å². The molecule has 6 heteroatoms. The second kappa shape index (κ2) is 5.07. The van der Waals surface area contributed by atoms with Gasteiger partial charge in [-0.1, -0.05) is 6.07 Å². The Bertz CT molecular complexity index is 598. The van der Waals surface area contributed by atoms with Crippen LogP contribution in [0.2, 0.25) is 0 Å². The SMILES string of the molecule is CC(=O)Oc1cccc2nc(CO)c(CO)nc12. The van der Waals surface area contributed by atoms with Gasteiger partial charge in [0.15, 0.2) is 5.75 Å². The maximum absolute atomic E-state index is 11.0. The summed E-state index contributed by atoms with van der Waals surface area (Å²) in [5.74, 6) is -0.173. The molecule has 94 valence electrons. The van der Waals surface area contributed by atoms with Gasteiger partial charge >= 0.3 is 5.97 Å². The number of aliphatic hydroxyl groups excluding tert-OH is 2. The number of esters is 1. The predicted octanol–water partition coefficient (Wildman–Crippen LogP) is 0.540. The van der Waals surface area contributed by atoms with Crippen LogP contribution >= 0.6 is 0 Å². The van der Waals surface area contributed by atoms with Gasteiger partial charge in [0.25, 0.3) is 0 Å². The molecule has 0 aliphatic carbocycles. The molecule has 2 N–H and O–H groups in total. The third-order valence-corrected chi connectivity index (χ3v) is 2.37. The summed E-state index contributed by atoms with van der Waals surface area (Å²) >= 11 is 0. The van der Waals surface area contributed by atoms with E-state index in [-0.39, 0.29) is 24.7 Å².